The lowest BCUT2D eigenvalue weighted by atomic mass is 9.95. The van der Waals surface area contributed by atoms with Gasteiger partial charge in [-0.05, 0) is 49.1 Å². The first kappa shape index (κ1) is 20.8. The van der Waals surface area contributed by atoms with E-state index >= 15 is 0 Å². The van der Waals surface area contributed by atoms with E-state index in [-0.39, 0.29) is 0 Å². The summed E-state index contributed by atoms with van der Waals surface area (Å²) in [6, 6.07) is 4.65. The Morgan fingerprint density at radius 3 is 2.75 bits per heavy atom. The van der Waals surface area contributed by atoms with Crippen LogP contribution in [0.15, 0.2) is 36.9 Å². The number of anilines is 2. The smallest absolute Gasteiger partial charge is 0.230 e. The normalized spacial score (nSPS) is 16.4. The lowest BCUT2D eigenvalue weighted by Crippen LogP contribution is -2.23. The largest absolute Gasteiger partial charge is 0.321 e. The molecule has 0 atom stereocenters. The first-order valence-corrected chi connectivity index (χ1v) is 11.9. The number of hydrogen-bond acceptors (Lipinski definition) is 6. The van der Waals surface area contributed by atoms with Crippen LogP contribution >= 0.6 is 0 Å². The number of pyridine rings is 2. The molecule has 0 aromatic carbocycles. The van der Waals surface area contributed by atoms with Crippen molar-refractivity contribution in [2.75, 3.05) is 11.9 Å². The molecule has 5 heterocycles. The van der Waals surface area contributed by atoms with Gasteiger partial charge in [0.2, 0.25) is 5.95 Å². The fourth-order valence-electron chi connectivity index (χ4n) is 4.98. The van der Waals surface area contributed by atoms with E-state index in [1.54, 1.807) is 0 Å². The van der Waals surface area contributed by atoms with Gasteiger partial charge in [0.15, 0.2) is 0 Å². The van der Waals surface area contributed by atoms with Gasteiger partial charge in [0.25, 0.3) is 0 Å². The molecule has 0 saturated heterocycles. The van der Waals surface area contributed by atoms with Crippen LogP contribution in [-0.2, 0) is 13.0 Å². The molecule has 7 nitrogen and oxygen atoms in total. The predicted octanol–water partition coefficient (Wildman–Crippen LogP) is 5.30. The molecule has 0 amide bonds. The lowest BCUT2D eigenvalue weighted by Gasteiger charge is -2.24. The van der Waals surface area contributed by atoms with Crippen LogP contribution in [-0.4, -0.2) is 31.0 Å². The molecule has 1 fully saturated rings. The number of hydrogen-bond donors (Lipinski definition) is 2. The lowest BCUT2D eigenvalue weighted by molar-refractivity contribution is 0.366. The van der Waals surface area contributed by atoms with Crippen LogP contribution < -0.4 is 10.6 Å². The van der Waals surface area contributed by atoms with Crippen LogP contribution in [0.4, 0.5) is 11.8 Å². The van der Waals surface area contributed by atoms with Crippen molar-refractivity contribution in [3.63, 3.8) is 0 Å². The van der Waals surface area contributed by atoms with Gasteiger partial charge in [-0.3, -0.25) is 4.98 Å². The Morgan fingerprint density at radius 1 is 1.00 bits per heavy atom. The monoisotopic (exact) mass is 429 g/mol. The summed E-state index contributed by atoms with van der Waals surface area (Å²) in [7, 11) is 0. The minimum Gasteiger partial charge on any atom is -0.321 e. The minimum atomic E-state index is 0.471. The summed E-state index contributed by atoms with van der Waals surface area (Å²) in [6.07, 6.45) is 15.0. The maximum absolute atomic E-state index is 4.95. The van der Waals surface area contributed by atoms with E-state index in [9.17, 15) is 0 Å². The second-order valence-electron chi connectivity index (χ2n) is 8.38. The Hall–Kier alpha value is -3.06. The van der Waals surface area contributed by atoms with Gasteiger partial charge in [0.1, 0.15) is 11.5 Å². The average Bonchev–Trinajstić information content (AvgIpc) is 3.19. The van der Waals surface area contributed by atoms with E-state index in [1.165, 1.54) is 48.6 Å². The van der Waals surface area contributed by atoms with Crippen molar-refractivity contribution in [1.82, 2.24) is 29.8 Å². The molecular formula is C25H31N7. The van der Waals surface area contributed by atoms with E-state index in [4.69, 9.17) is 4.98 Å². The summed E-state index contributed by atoms with van der Waals surface area (Å²) in [5, 5.41) is 9.01. The minimum absolute atomic E-state index is 0.471. The molecular weight excluding hydrogens is 398 g/mol. The second-order valence-corrected chi connectivity index (χ2v) is 8.38. The molecule has 0 bridgehead atoms. The predicted molar refractivity (Wildman–Crippen MR) is 129 cm³/mol. The average molecular weight is 430 g/mol. The highest BCUT2D eigenvalue weighted by Crippen LogP contribution is 2.36. The Labute approximate surface area is 188 Å². The maximum Gasteiger partial charge on any atom is 0.230 e. The molecule has 2 N–H and O–H groups in total. The summed E-state index contributed by atoms with van der Waals surface area (Å²) in [6.45, 7) is 5.90. The third-order valence-corrected chi connectivity index (χ3v) is 6.50. The third kappa shape index (κ3) is 3.81. The van der Waals surface area contributed by atoms with E-state index in [0.717, 1.165) is 41.9 Å². The van der Waals surface area contributed by atoms with E-state index in [0.29, 0.717) is 12.0 Å². The Balaban J connectivity index is 0.00000105. The van der Waals surface area contributed by atoms with Crippen molar-refractivity contribution in [3.05, 3.63) is 48.0 Å². The molecule has 0 unspecified atom stereocenters. The SMILES string of the molecule is CC.c1cc2c3cnc(Nc4cc5c(cn4)CCNC5)nc3n(C3CCCCC3)c2cn1. The Bertz CT molecular complexity index is 1220. The number of nitrogens with zero attached hydrogens (tertiary/aromatic N) is 5. The van der Waals surface area contributed by atoms with Gasteiger partial charge < -0.3 is 15.2 Å². The van der Waals surface area contributed by atoms with Gasteiger partial charge in [-0.1, -0.05) is 33.1 Å². The van der Waals surface area contributed by atoms with Crippen molar-refractivity contribution in [2.45, 2.75) is 65.0 Å². The van der Waals surface area contributed by atoms with Crippen molar-refractivity contribution in [2.24, 2.45) is 0 Å². The highest BCUT2D eigenvalue weighted by Gasteiger charge is 2.22. The van der Waals surface area contributed by atoms with Gasteiger partial charge >= 0.3 is 0 Å². The van der Waals surface area contributed by atoms with Gasteiger partial charge in [-0.2, -0.15) is 4.98 Å². The molecule has 4 aromatic rings. The molecule has 1 aliphatic heterocycles. The molecule has 0 spiro atoms. The topological polar surface area (TPSA) is 80.5 Å². The quantitative estimate of drug-likeness (QED) is 0.460. The van der Waals surface area contributed by atoms with Gasteiger partial charge in [-0.15, -0.1) is 0 Å². The molecule has 7 heteroatoms. The molecule has 166 valence electrons. The number of rotatable bonds is 3. The highest BCUT2D eigenvalue weighted by atomic mass is 15.2. The van der Waals surface area contributed by atoms with E-state index in [1.807, 2.05) is 38.6 Å². The highest BCUT2D eigenvalue weighted by molar-refractivity contribution is 6.06. The van der Waals surface area contributed by atoms with Crippen molar-refractivity contribution in [1.29, 1.82) is 0 Å². The molecule has 0 radical (unpaired) electrons. The number of aromatic nitrogens is 5. The van der Waals surface area contributed by atoms with Crippen molar-refractivity contribution < 1.29 is 0 Å². The maximum atomic E-state index is 4.95. The number of nitrogens with one attached hydrogen (secondary N) is 2. The molecule has 1 saturated carbocycles. The van der Waals surface area contributed by atoms with Gasteiger partial charge in [0, 0.05) is 41.9 Å². The van der Waals surface area contributed by atoms with Crippen molar-refractivity contribution in [3.8, 4) is 0 Å². The van der Waals surface area contributed by atoms with E-state index < -0.39 is 0 Å². The molecule has 2 aliphatic rings. The second kappa shape index (κ2) is 9.20. The molecule has 6 rings (SSSR count). The number of fused-ring (bicyclic) bond motifs is 4. The fraction of sp³-hybridized carbons (Fsp3) is 0.440. The summed E-state index contributed by atoms with van der Waals surface area (Å²) >= 11 is 0. The Kier molecular flexibility index (Phi) is 5.99. The standard InChI is InChI=1S/C23H25N7.C2H6/c1-2-4-17(5-3-1)30-20-14-25-9-7-18(20)19-13-27-23(29-22(19)30)28-21-10-16-11-24-8-6-15(16)12-26-21;1-2/h7,9-10,12-14,17,24H,1-6,8,11H2,(H,26,27,28,29);1-2H3. The van der Waals surface area contributed by atoms with Gasteiger partial charge in [-0.25, -0.2) is 9.97 Å². The third-order valence-electron chi connectivity index (χ3n) is 6.50. The van der Waals surface area contributed by atoms with E-state index in [2.05, 4.69) is 42.3 Å². The van der Waals surface area contributed by atoms with Crippen LogP contribution in [0.2, 0.25) is 0 Å². The summed E-state index contributed by atoms with van der Waals surface area (Å²) in [4.78, 5) is 18.5. The zero-order valence-electron chi connectivity index (χ0n) is 18.9. The first-order valence-electron chi connectivity index (χ1n) is 11.9. The molecule has 4 aromatic heterocycles. The van der Waals surface area contributed by atoms with Crippen LogP contribution in [0.3, 0.4) is 0 Å². The zero-order chi connectivity index (χ0) is 21.9. The van der Waals surface area contributed by atoms with Gasteiger partial charge in [0.05, 0.1) is 11.7 Å². The summed E-state index contributed by atoms with van der Waals surface area (Å²) < 4.78 is 2.40. The van der Waals surface area contributed by atoms with Crippen LogP contribution in [0.5, 0.6) is 0 Å². The summed E-state index contributed by atoms with van der Waals surface area (Å²) in [5.74, 6) is 1.38. The Morgan fingerprint density at radius 2 is 1.88 bits per heavy atom. The van der Waals surface area contributed by atoms with Crippen LogP contribution in [0.25, 0.3) is 21.9 Å². The fourth-order valence-corrected chi connectivity index (χ4v) is 4.98. The first-order chi connectivity index (χ1) is 15.9. The van der Waals surface area contributed by atoms with Crippen LogP contribution in [0, 0.1) is 0 Å². The molecule has 1 aliphatic carbocycles. The van der Waals surface area contributed by atoms with Crippen LogP contribution in [0.1, 0.15) is 63.1 Å². The van der Waals surface area contributed by atoms with Crippen molar-refractivity contribution >= 4 is 33.7 Å². The zero-order valence-corrected chi connectivity index (χ0v) is 18.9. The summed E-state index contributed by atoms with van der Waals surface area (Å²) in [5.41, 5.74) is 4.76. The molecule has 32 heavy (non-hydrogen) atoms.